The van der Waals surface area contributed by atoms with Gasteiger partial charge in [0.15, 0.2) is 0 Å². The van der Waals surface area contributed by atoms with Gasteiger partial charge in [0, 0.05) is 0 Å². The average molecular weight is 807 g/mol. The maximum atomic E-state index is 10.3. The van der Waals surface area contributed by atoms with Gasteiger partial charge in [0.1, 0.15) is 19.0 Å². The highest BCUT2D eigenvalue weighted by atomic mass is 16.6. The van der Waals surface area contributed by atoms with Crippen LogP contribution < -0.4 is 4.74 Å². The first-order valence-electron chi connectivity index (χ1n) is 20.6. The third kappa shape index (κ3) is 40.2. The van der Waals surface area contributed by atoms with Gasteiger partial charge in [0.2, 0.25) is 0 Å². The highest BCUT2D eigenvalue weighted by Gasteiger charge is 2.00. The molecule has 0 heterocycles. The molecule has 0 aliphatic heterocycles. The first kappa shape index (κ1) is 52.0. The number of hydrogen-bond donors (Lipinski definition) is 1. The van der Waals surface area contributed by atoms with Crippen molar-refractivity contribution in [3.63, 3.8) is 0 Å². The number of aliphatic carboxylic acids is 1. The smallest absolute Gasteiger partial charge is 0.329 e. The van der Waals surface area contributed by atoms with Crippen LogP contribution in [0.15, 0.2) is 24.3 Å². The Balaban J connectivity index is 1.67. The molecule has 0 saturated carbocycles. The molecular formula is C41H74O15. The number of carboxylic acids is 1. The van der Waals surface area contributed by atoms with Gasteiger partial charge in [-0.3, -0.25) is 0 Å². The van der Waals surface area contributed by atoms with Crippen molar-refractivity contribution < 1.29 is 71.5 Å². The fourth-order valence-electron chi connectivity index (χ4n) is 4.84. The predicted molar refractivity (Wildman–Crippen MR) is 211 cm³/mol. The van der Waals surface area contributed by atoms with Crippen LogP contribution in [0.4, 0.5) is 0 Å². The number of carboxylic acid groups (broad SMARTS) is 1. The van der Waals surface area contributed by atoms with Crippen LogP contribution in [-0.2, 0) is 68.1 Å². The number of rotatable bonds is 47. The molecule has 0 atom stereocenters. The largest absolute Gasteiger partial charge is 0.491 e. The topological polar surface area (TPSA) is 157 Å². The monoisotopic (exact) mass is 807 g/mol. The van der Waals surface area contributed by atoms with Crippen LogP contribution in [0.3, 0.4) is 0 Å². The van der Waals surface area contributed by atoms with Crippen LogP contribution in [0.1, 0.15) is 57.4 Å². The molecule has 1 N–H and O–H groups in total. The van der Waals surface area contributed by atoms with E-state index in [9.17, 15) is 4.79 Å². The SMILES string of the molecule is CCCCCCCCCc1ccc(OCCOCCOCCOCCOCCOCCOCCOCCOCCOCCOCCOCCOCC(=O)O)cc1. The molecule has 1 rings (SSSR count). The van der Waals surface area contributed by atoms with Crippen molar-refractivity contribution in [3.05, 3.63) is 29.8 Å². The lowest BCUT2D eigenvalue weighted by Crippen LogP contribution is -2.16. The van der Waals surface area contributed by atoms with Crippen molar-refractivity contribution in [2.75, 3.05) is 165 Å². The summed E-state index contributed by atoms with van der Waals surface area (Å²) in [6.07, 6.45) is 10.5. The number of carbonyl (C=O) groups is 1. The van der Waals surface area contributed by atoms with Gasteiger partial charge in [-0.1, -0.05) is 57.6 Å². The van der Waals surface area contributed by atoms with E-state index in [1.54, 1.807) is 0 Å². The zero-order valence-corrected chi connectivity index (χ0v) is 34.3. The second-order valence-corrected chi connectivity index (χ2v) is 12.5. The first-order chi connectivity index (χ1) is 27.7. The maximum Gasteiger partial charge on any atom is 0.329 e. The highest BCUT2D eigenvalue weighted by Crippen LogP contribution is 2.15. The van der Waals surface area contributed by atoms with Gasteiger partial charge in [-0.2, -0.15) is 0 Å². The molecule has 1 aromatic carbocycles. The summed E-state index contributed by atoms with van der Waals surface area (Å²) in [6.45, 7) is 13.3. The summed E-state index contributed by atoms with van der Waals surface area (Å²) < 4.78 is 70.8. The van der Waals surface area contributed by atoms with E-state index in [4.69, 9.17) is 66.7 Å². The molecule has 0 aliphatic rings. The van der Waals surface area contributed by atoms with E-state index < -0.39 is 5.97 Å². The lowest BCUT2D eigenvalue weighted by molar-refractivity contribution is -0.142. The molecule has 0 aliphatic carbocycles. The van der Waals surface area contributed by atoms with E-state index in [0.29, 0.717) is 152 Å². The Morgan fingerprint density at radius 1 is 0.393 bits per heavy atom. The average Bonchev–Trinajstić information content (AvgIpc) is 3.20. The third-order valence-corrected chi connectivity index (χ3v) is 7.81. The molecule has 15 heteroatoms. The van der Waals surface area contributed by atoms with E-state index in [1.807, 2.05) is 12.1 Å². The van der Waals surface area contributed by atoms with Crippen LogP contribution in [0, 0.1) is 0 Å². The molecule has 0 fully saturated rings. The number of hydrogen-bond acceptors (Lipinski definition) is 14. The number of unbranched alkanes of at least 4 members (excludes halogenated alkanes) is 6. The Bertz CT molecular complexity index is 925. The van der Waals surface area contributed by atoms with Gasteiger partial charge in [-0.25, -0.2) is 4.79 Å². The minimum absolute atomic E-state index is 0.240. The fourth-order valence-corrected chi connectivity index (χ4v) is 4.84. The van der Waals surface area contributed by atoms with Gasteiger partial charge >= 0.3 is 5.97 Å². The Morgan fingerprint density at radius 3 is 1.00 bits per heavy atom. The minimum Gasteiger partial charge on any atom is -0.491 e. The molecule has 0 radical (unpaired) electrons. The summed E-state index contributed by atoms with van der Waals surface area (Å²) in [4.78, 5) is 10.3. The summed E-state index contributed by atoms with van der Waals surface area (Å²) in [5.74, 6) is -0.115. The van der Waals surface area contributed by atoms with E-state index in [1.165, 1.54) is 50.5 Å². The van der Waals surface area contributed by atoms with Gasteiger partial charge in [-0.05, 0) is 30.5 Å². The lowest BCUT2D eigenvalue weighted by atomic mass is 10.0. The van der Waals surface area contributed by atoms with Crippen LogP contribution in [0.5, 0.6) is 5.75 Å². The summed E-state index contributed by atoms with van der Waals surface area (Å²) in [6, 6.07) is 8.44. The second kappa shape index (κ2) is 44.1. The van der Waals surface area contributed by atoms with E-state index >= 15 is 0 Å². The van der Waals surface area contributed by atoms with E-state index in [2.05, 4.69) is 19.1 Å². The molecular weight excluding hydrogens is 732 g/mol. The van der Waals surface area contributed by atoms with E-state index in [-0.39, 0.29) is 13.2 Å². The Labute approximate surface area is 336 Å². The Kier molecular flexibility index (Phi) is 41.0. The van der Waals surface area contributed by atoms with Crippen molar-refractivity contribution >= 4 is 5.97 Å². The number of benzene rings is 1. The molecule has 56 heavy (non-hydrogen) atoms. The Morgan fingerprint density at radius 2 is 0.679 bits per heavy atom. The predicted octanol–water partition coefficient (Wildman–Crippen LogP) is 4.64. The summed E-state index contributed by atoms with van der Waals surface area (Å²) in [7, 11) is 0. The summed E-state index contributed by atoms with van der Waals surface area (Å²) in [5, 5.41) is 8.44. The molecule has 1 aromatic rings. The van der Waals surface area contributed by atoms with Crippen LogP contribution in [0.25, 0.3) is 0 Å². The van der Waals surface area contributed by atoms with Crippen LogP contribution in [-0.4, -0.2) is 176 Å². The molecule has 328 valence electrons. The van der Waals surface area contributed by atoms with Crippen LogP contribution in [0.2, 0.25) is 0 Å². The van der Waals surface area contributed by atoms with E-state index in [0.717, 1.165) is 12.2 Å². The van der Waals surface area contributed by atoms with Crippen molar-refractivity contribution in [1.29, 1.82) is 0 Å². The molecule has 0 unspecified atom stereocenters. The van der Waals surface area contributed by atoms with Crippen molar-refractivity contribution in [2.24, 2.45) is 0 Å². The second-order valence-electron chi connectivity index (χ2n) is 12.5. The number of ether oxygens (including phenoxy) is 13. The summed E-state index contributed by atoms with van der Waals surface area (Å²) >= 11 is 0. The normalized spacial score (nSPS) is 11.4. The van der Waals surface area contributed by atoms with Gasteiger partial charge in [0.25, 0.3) is 0 Å². The minimum atomic E-state index is -0.996. The number of aryl methyl sites for hydroxylation is 1. The summed E-state index contributed by atoms with van der Waals surface area (Å²) in [5.41, 5.74) is 1.38. The molecule has 0 saturated heterocycles. The van der Waals surface area contributed by atoms with Gasteiger partial charge in [0.05, 0.1) is 152 Å². The first-order valence-corrected chi connectivity index (χ1v) is 20.6. The highest BCUT2D eigenvalue weighted by molar-refractivity contribution is 5.67. The maximum absolute atomic E-state index is 10.3. The quantitative estimate of drug-likeness (QED) is 0.0908. The van der Waals surface area contributed by atoms with Crippen molar-refractivity contribution in [2.45, 2.75) is 58.3 Å². The molecule has 0 aromatic heterocycles. The zero-order valence-electron chi connectivity index (χ0n) is 34.3. The third-order valence-electron chi connectivity index (χ3n) is 7.81. The standard InChI is InChI=1S/C41H74O15/c1-2-3-4-5-6-7-8-9-39-10-12-40(13-11-39)56-37-36-54-33-32-52-29-28-50-25-24-48-21-20-46-17-16-44-14-15-45-18-19-47-22-23-49-26-27-51-30-31-53-34-35-55-38-41(42)43/h10-13H,2-9,14-38H2,1H3,(H,42,43). The van der Waals surface area contributed by atoms with Crippen molar-refractivity contribution in [3.8, 4) is 5.75 Å². The molecule has 0 spiro atoms. The van der Waals surface area contributed by atoms with Gasteiger partial charge in [-0.15, -0.1) is 0 Å². The fraction of sp³-hybridized carbons (Fsp3) is 0.829. The molecule has 0 bridgehead atoms. The van der Waals surface area contributed by atoms with Gasteiger partial charge < -0.3 is 66.7 Å². The zero-order chi connectivity index (χ0) is 40.1. The van der Waals surface area contributed by atoms with Crippen molar-refractivity contribution in [1.82, 2.24) is 0 Å². The molecule has 0 amide bonds. The van der Waals surface area contributed by atoms with Crippen LogP contribution >= 0.6 is 0 Å². The molecule has 15 nitrogen and oxygen atoms in total. The Hall–Kier alpha value is -1.99. The lowest BCUT2D eigenvalue weighted by Gasteiger charge is -2.09.